The molecule has 10 atom stereocenters. The van der Waals surface area contributed by atoms with Crippen molar-refractivity contribution in [2.24, 2.45) is 34.5 Å². The Kier molecular flexibility index (Phi) is 6.37. The lowest BCUT2D eigenvalue weighted by Crippen LogP contribution is -2.44. The van der Waals surface area contributed by atoms with Crippen molar-refractivity contribution in [3.63, 3.8) is 0 Å². The number of hydrogen-bond acceptors (Lipinski definition) is 4. The molecule has 2 aromatic rings. The highest BCUT2D eigenvalue weighted by atomic mass is 16.5. The minimum atomic E-state index is 0.291. The van der Waals surface area contributed by atoms with Crippen LogP contribution in [0.4, 0.5) is 0 Å². The molecular weight excluding hydrogens is 520 g/mol. The van der Waals surface area contributed by atoms with Gasteiger partial charge in [-0.3, -0.25) is 0 Å². The second-order valence-corrected chi connectivity index (χ2v) is 15.6. The zero-order valence-corrected chi connectivity index (χ0v) is 26.1. The average Bonchev–Trinajstić information content (AvgIpc) is 3.52. The van der Waals surface area contributed by atoms with Crippen molar-refractivity contribution in [3.05, 3.63) is 46.5 Å². The van der Waals surface area contributed by atoms with Gasteiger partial charge in [0.1, 0.15) is 11.5 Å². The fourth-order valence-corrected chi connectivity index (χ4v) is 12.5. The lowest BCUT2D eigenvalue weighted by atomic mass is 9.54. The SMILES string of the molecule is CO[C@H]1CC[C@H]2[C@@H]3CCc4c(ccc(O)c4-c4c(O)ccc5c4CC[C@@H]4[C@@H]5CC[C@]5(C)[C@@H](OC)CC[C@@H]45)[C@H]3CC[C@]12C. The standard InChI is InChI=1S/C38H50O4/c1-37-19-17-23-21-9-13-31(39)35(27(21)7-5-25(23)29(37)11-15-33(37)41-3)36-28-8-6-26-24(22(28)10-14-32(36)40)18-20-38(2)30(26)12-16-34(38)42-4/h9-10,13-14,23-26,29-30,33-34,39-40H,5-8,11-12,15-20H2,1-4H3/t23-,24-,25-,26-,29+,30+,33+,34+,37+,38+/m1/s1. The van der Waals surface area contributed by atoms with Crippen LogP contribution in [0.25, 0.3) is 11.1 Å². The lowest BCUT2D eigenvalue weighted by Gasteiger charge is -2.51. The molecule has 0 amide bonds. The molecule has 0 aromatic heterocycles. The van der Waals surface area contributed by atoms with Crippen LogP contribution in [0.3, 0.4) is 0 Å². The van der Waals surface area contributed by atoms with E-state index in [1.807, 2.05) is 26.4 Å². The van der Waals surface area contributed by atoms with Gasteiger partial charge in [-0.15, -0.1) is 0 Å². The van der Waals surface area contributed by atoms with Crippen molar-refractivity contribution in [2.75, 3.05) is 14.2 Å². The number of phenolic OH excluding ortho intramolecular Hbond substituents is 2. The quantitative estimate of drug-likeness (QED) is 0.388. The first-order valence-corrected chi connectivity index (χ1v) is 17.1. The molecule has 0 unspecified atom stereocenters. The van der Waals surface area contributed by atoms with Crippen LogP contribution in [0.5, 0.6) is 11.5 Å². The Bertz CT molecular complexity index is 1290. The van der Waals surface area contributed by atoms with Crippen LogP contribution in [0.15, 0.2) is 24.3 Å². The highest BCUT2D eigenvalue weighted by Gasteiger charge is 2.57. The van der Waals surface area contributed by atoms with Crippen molar-refractivity contribution in [1.82, 2.24) is 0 Å². The van der Waals surface area contributed by atoms with Crippen molar-refractivity contribution in [1.29, 1.82) is 0 Å². The third-order valence-corrected chi connectivity index (χ3v) is 14.4. The number of fused-ring (bicyclic) bond motifs is 10. The Morgan fingerprint density at radius 1 is 0.595 bits per heavy atom. The Hall–Kier alpha value is -2.04. The van der Waals surface area contributed by atoms with E-state index in [1.54, 1.807) is 0 Å². The fourth-order valence-electron chi connectivity index (χ4n) is 12.5. The van der Waals surface area contributed by atoms with Gasteiger partial charge in [-0.1, -0.05) is 26.0 Å². The number of benzene rings is 2. The molecule has 4 nitrogen and oxygen atoms in total. The minimum Gasteiger partial charge on any atom is -0.507 e. The van der Waals surface area contributed by atoms with Crippen LogP contribution in [-0.2, 0) is 22.3 Å². The van der Waals surface area contributed by atoms with E-state index in [4.69, 9.17) is 9.47 Å². The molecule has 4 fully saturated rings. The van der Waals surface area contributed by atoms with E-state index in [-0.39, 0.29) is 0 Å². The monoisotopic (exact) mass is 570 g/mol. The summed E-state index contributed by atoms with van der Waals surface area (Å²) < 4.78 is 12.0. The molecule has 6 aliphatic rings. The largest absolute Gasteiger partial charge is 0.507 e. The van der Waals surface area contributed by atoms with Crippen LogP contribution < -0.4 is 0 Å². The highest BCUT2D eigenvalue weighted by Crippen LogP contribution is 2.64. The zero-order valence-electron chi connectivity index (χ0n) is 26.1. The first-order chi connectivity index (χ1) is 20.3. The molecule has 0 bridgehead atoms. The van der Waals surface area contributed by atoms with E-state index in [2.05, 4.69) is 26.0 Å². The summed E-state index contributed by atoms with van der Waals surface area (Å²) in [5.74, 6) is 4.57. The summed E-state index contributed by atoms with van der Waals surface area (Å²) in [7, 11) is 3.81. The lowest BCUT2D eigenvalue weighted by molar-refractivity contribution is -0.0444. The molecule has 2 N–H and O–H groups in total. The number of aromatic hydroxyl groups is 2. The number of ether oxygens (including phenoxy) is 2. The molecule has 6 aliphatic carbocycles. The Morgan fingerprint density at radius 3 is 1.43 bits per heavy atom. The molecule has 0 heterocycles. The third kappa shape index (κ3) is 3.60. The molecule has 0 aliphatic heterocycles. The predicted octanol–water partition coefficient (Wildman–Crippen LogP) is 8.51. The molecular formula is C38H50O4. The number of methoxy groups -OCH3 is 2. The van der Waals surface area contributed by atoms with E-state index >= 15 is 0 Å². The third-order valence-electron chi connectivity index (χ3n) is 14.4. The van der Waals surface area contributed by atoms with Gasteiger partial charge in [-0.05, 0) is 158 Å². The number of hydrogen-bond donors (Lipinski definition) is 2. The summed E-state index contributed by atoms with van der Waals surface area (Å²) >= 11 is 0. The summed E-state index contributed by atoms with van der Waals surface area (Å²) in [6.07, 6.45) is 14.8. The first kappa shape index (κ1) is 27.5. The Morgan fingerprint density at radius 2 is 1.02 bits per heavy atom. The normalized spacial score (nSPS) is 41.7. The van der Waals surface area contributed by atoms with E-state index in [1.165, 1.54) is 86.5 Å². The molecule has 2 aromatic carbocycles. The summed E-state index contributed by atoms with van der Waals surface area (Å²) in [5.41, 5.74) is 7.96. The second kappa shape index (κ2) is 9.73. The van der Waals surface area contributed by atoms with E-state index < -0.39 is 0 Å². The van der Waals surface area contributed by atoms with Crippen LogP contribution in [0, 0.1) is 34.5 Å². The number of rotatable bonds is 3. The summed E-state index contributed by atoms with van der Waals surface area (Å²) in [5, 5.41) is 23.0. The minimum absolute atomic E-state index is 0.291. The average molecular weight is 571 g/mol. The van der Waals surface area contributed by atoms with E-state index in [0.717, 1.165) is 24.0 Å². The fraction of sp³-hybridized carbons (Fsp3) is 0.684. The predicted molar refractivity (Wildman–Crippen MR) is 166 cm³/mol. The molecule has 4 heteroatoms. The van der Waals surface area contributed by atoms with Gasteiger partial charge in [0.15, 0.2) is 0 Å². The maximum absolute atomic E-state index is 11.5. The maximum atomic E-state index is 11.5. The molecule has 8 rings (SSSR count). The van der Waals surface area contributed by atoms with Gasteiger partial charge in [0.05, 0.1) is 12.2 Å². The van der Waals surface area contributed by atoms with E-state index in [9.17, 15) is 10.2 Å². The van der Waals surface area contributed by atoms with Crippen molar-refractivity contribution in [2.45, 2.75) is 115 Å². The van der Waals surface area contributed by atoms with Crippen LogP contribution in [0.2, 0.25) is 0 Å². The van der Waals surface area contributed by atoms with Gasteiger partial charge in [0, 0.05) is 25.3 Å². The van der Waals surface area contributed by atoms with Gasteiger partial charge in [-0.2, -0.15) is 0 Å². The van der Waals surface area contributed by atoms with Crippen molar-refractivity contribution in [3.8, 4) is 22.6 Å². The van der Waals surface area contributed by atoms with Gasteiger partial charge < -0.3 is 19.7 Å². The van der Waals surface area contributed by atoms with Gasteiger partial charge in [-0.25, -0.2) is 0 Å². The molecule has 4 saturated carbocycles. The smallest absolute Gasteiger partial charge is 0.123 e. The van der Waals surface area contributed by atoms with Crippen molar-refractivity contribution < 1.29 is 19.7 Å². The molecule has 42 heavy (non-hydrogen) atoms. The molecule has 0 radical (unpaired) electrons. The van der Waals surface area contributed by atoms with E-state index in [0.29, 0.717) is 70.0 Å². The van der Waals surface area contributed by atoms with Crippen LogP contribution in [0.1, 0.15) is 112 Å². The number of phenols is 2. The highest BCUT2D eigenvalue weighted by molar-refractivity contribution is 5.83. The van der Waals surface area contributed by atoms with Gasteiger partial charge >= 0.3 is 0 Å². The Labute approximate surface area is 252 Å². The summed E-state index contributed by atoms with van der Waals surface area (Å²) in [4.78, 5) is 0. The molecule has 0 spiro atoms. The Balaban J connectivity index is 1.18. The summed E-state index contributed by atoms with van der Waals surface area (Å²) in [6.45, 7) is 4.98. The molecule has 0 saturated heterocycles. The van der Waals surface area contributed by atoms with Gasteiger partial charge in [0.2, 0.25) is 0 Å². The molecule has 226 valence electrons. The second-order valence-electron chi connectivity index (χ2n) is 15.6. The maximum Gasteiger partial charge on any atom is 0.123 e. The van der Waals surface area contributed by atoms with Gasteiger partial charge in [0.25, 0.3) is 0 Å². The first-order valence-electron chi connectivity index (χ1n) is 17.1. The van der Waals surface area contributed by atoms with Crippen LogP contribution >= 0.6 is 0 Å². The van der Waals surface area contributed by atoms with Crippen LogP contribution in [-0.4, -0.2) is 36.6 Å². The zero-order chi connectivity index (χ0) is 29.0. The summed E-state index contributed by atoms with van der Waals surface area (Å²) in [6, 6.07) is 8.34. The topological polar surface area (TPSA) is 58.9 Å². The van der Waals surface area contributed by atoms with Crippen molar-refractivity contribution >= 4 is 0 Å².